The second kappa shape index (κ2) is 7.03. The molecule has 118 valence electrons. The van der Waals surface area contributed by atoms with Crippen molar-refractivity contribution in [2.24, 2.45) is 0 Å². The number of aliphatic hydroxyl groups is 1. The van der Waals surface area contributed by atoms with E-state index in [0.29, 0.717) is 6.04 Å². The molecular formula is C17H24N4O. The van der Waals surface area contributed by atoms with Gasteiger partial charge in [0.15, 0.2) is 0 Å². The molecule has 1 aliphatic rings. The summed E-state index contributed by atoms with van der Waals surface area (Å²) in [6, 6.07) is 8.81. The van der Waals surface area contributed by atoms with E-state index in [4.69, 9.17) is 5.11 Å². The van der Waals surface area contributed by atoms with Crippen molar-refractivity contribution in [3.63, 3.8) is 0 Å². The topological polar surface area (TPSA) is 52.5 Å². The molecule has 5 nitrogen and oxygen atoms in total. The van der Waals surface area contributed by atoms with E-state index in [1.165, 1.54) is 0 Å². The molecule has 0 radical (unpaired) electrons. The molecule has 0 unspecified atom stereocenters. The first kappa shape index (κ1) is 15.2. The van der Waals surface area contributed by atoms with E-state index < -0.39 is 0 Å². The van der Waals surface area contributed by atoms with Crippen molar-refractivity contribution >= 4 is 16.7 Å². The molecule has 22 heavy (non-hydrogen) atoms. The number of nitrogens with zero attached hydrogens (tertiary/aromatic N) is 4. The van der Waals surface area contributed by atoms with Crippen LogP contribution in [0.4, 0.5) is 5.82 Å². The first-order valence-electron chi connectivity index (χ1n) is 8.05. The first-order valence-corrected chi connectivity index (χ1v) is 8.05. The second-order valence-electron chi connectivity index (χ2n) is 5.99. The highest BCUT2D eigenvalue weighted by atomic mass is 16.3. The summed E-state index contributed by atoms with van der Waals surface area (Å²) in [5, 5.41) is 10.1. The molecule has 0 amide bonds. The summed E-state index contributed by atoms with van der Waals surface area (Å²) < 4.78 is 0. The van der Waals surface area contributed by atoms with Crippen LogP contribution < -0.4 is 4.90 Å². The predicted octanol–water partition coefficient (Wildman–Crippen LogP) is 1.91. The summed E-state index contributed by atoms with van der Waals surface area (Å²) in [5.74, 6) is 1.06. The minimum atomic E-state index is 0.274. The lowest BCUT2D eigenvalue weighted by Crippen LogP contribution is -2.44. The van der Waals surface area contributed by atoms with Gasteiger partial charge in [0.2, 0.25) is 0 Å². The summed E-state index contributed by atoms with van der Waals surface area (Å²) in [7, 11) is 2.16. The molecule has 1 N–H and O–H groups in total. The van der Waals surface area contributed by atoms with Gasteiger partial charge in [-0.2, -0.15) is 0 Å². The minimum Gasteiger partial charge on any atom is -0.396 e. The van der Waals surface area contributed by atoms with Crippen LogP contribution in [0.25, 0.3) is 10.9 Å². The molecule has 0 atom stereocenters. The largest absolute Gasteiger partial charge is 0.396 e. The van der Waals surface area contributed by atoms with Gasteiger partial charge in [-0.3, -0.25) is 0 Å². The highest BCUT2D eigenvalue weighted by Crippen LogP contribution is 2.26. The molecule has 2 aromatic rings. The third-order valence-corrected chi connectivity index (χ3v) is 4.58. The summed E-state index contributed by atoms with van der Waals surface area (Å²) in [6.45, 7) is 3.29. The zero-order valence-electron chi connectivity index (χ0n) is 13.1. The Morgan fingerprint density at radius 1 is 1.23 bits per heavy atom. The van der Waals surface area contributed by atoms with E-state index in [1.54, 1.807) is 6.33 Å². The molecular weight excluding hydrogens is 276 g/mol. The van der Waals surface area contributed by atoms with Gasteiger partial charge in [0.1, 0.15) is 12.1 Å². The maximum Gasteiger partial charge on any atom is 0.139 e. The lowest BCUT2D eigenvalue weighted by Gasteiger charge is -2.37. The van der Waals surface area contributed by atoms with Gasteiger partial charge in [-0.25, -0.2) is 9.97 Å². The Morgan fingerprint density at radius 3 is 2.77 bits per heavy atom. The Morgan fingerprint density at radius 2 is 2.00 bits per heavy atom. The molecule has 1 saturated heterocycles. The van der Waals surface area contributed by atoms with E-state index in [1.807, 2.05) is 18.2 Å². The monoisotopic (exact) mass is 300 g/mol. The lowest BCUT2D eigenvalue weighted by atomic mass is 10.0. The third-order valence-electron chi connectivity index (χ3n) is 4.58. The summed E-state index contributed by atoms with van der Waals surface area (Å²) in [6.07, 6.45) is 4.80. The van der Waals surface area contributed by atoms with Gasteiger partial charge < -0.3 is 14.9 Å². The van der Waals surface area contributed by atoms with Crippen molar-refractivity contribution in [1.82, 2.24) is 14.9 Å². The molecule has 1 aliphatic heterocycles. The average Bonchev–Trinajstić information content (AvgIpc) is 2.59. The zero-order chi connectivity index (χ0) is 15.4. The van der Waals surface area contributed by atoms with Crippen LogP contribution in [-0.4, -0.2) is 59.3 Å². The van der Waals surface area contributed by atoms with E-state index in [2.05, 4.69) is 32.9 Å². The Labute approximate surface area is 131 Å². The van der Waals surface area contributed by atoms with Crippen molar-refractivity contribution in [3.8, 4) is 0 Å². The number of benzene rings is 1. The van der Waals surface area contributed by atoms with Crippen molar-refractivity contribution in [1.29, 1.82) is 0 Å². The number of rotatable bonds is 5. The molecule has 0 saturated carbocycles. The number of anilines is 1. The summed E-state index contributed by atoms with van der Waals surface area (Å²) >= 11 is 0. The Balaban J connectivity index is 1.68. The van der Waals surface area contributed by atoms with Gasteiger partial charge in [0, 0.05) is 37.7 Å². The van der Waals surface area contributed by atoms with E-state index in [-0.39, 0.29) is 6.61 Å². The normalized spacial score (nSPS) is 16.6. The van der Waals surface area contributed by atoms with Crippen LogP contribution in [0.3, 0.4) is 0 Å². The van der Waals surface area contributed by atoms with Crippen LogP contribution in [0.2, 0.25) is 0 Å². The first-order chi connectivity index (χ1) is 10.8. The fourth-order valence-electron chi connectivity index (χ4n) is 3.26. The molecule has 3 rings (SSSR count). The Kier molecular flexibility index (Phi) is 4.85. The maximum atomic E-state index is 8.96. The van der Waals surface area contributed by atoms with Gasteiger partial charge in [-0.15, -0.1) is 0 Å². The average molecular weight is 300 g/mol. The molecule has 5 heteroatoms. The highest BCUT2D eigenvalue weighted by molar-refractivity contribution is 5.89. The Hall–Kier alpha value is -1.72. The third kappa shape index (κ3) is 3.20. The zero-order valence-corrected chi connectivity index (χ0v) is 13.1. The Bertz CT molecular complexity index is 605. The van der Waals surface area contributed by atoms with E-state index in [9.17, 15) is 0 Å². The number of para-hydroxylation sites is 1. The van der Waals surface area contributed by atoms with E-state index >= 15 is 0 Å². The predicted molar refractivity (Wildman–Crippen MR) is 89.1 cm³/mol. The van der Waals surface area contributed by atoms with Crippen molar-refractivity contribution in [3.05, 3.63) is 30.6 Å². The van der Waals surface area contributed by atoms with Gasteiger partial charge in [0.25, 0.3) is 0 Å². The minimum absolute atomic E-state index is 0.274. The van der Waals surface area contributed by atoms with Crippen LogP contribution in [0.5, 0.6) is 0 Å². The molecule has 0 spiro atoms. The second-order valence-corrected chi connectivity index (χ2v) is 5.99. The van der Waals surface area contributed by atoms with Crippen molar-refractivity contribution < 1.29 is 5.11 Å². The van der Waals surface area contributed by atoms with Crippen LogP contribution in [0.1, 0.15) is 19.3 Å². The van der Waals surface area contributed by atoms with Crippen LogP contribution in [0, 0.1) is 0 Å². The quantitative estimate of drug-likeness (QED) is 0.914. The van der Waals surface area contributed by atoms with Crippen LogP contribution in [-0.2, 0) is 0 Å². The summed E-state index contributed by atoms with van der Waals surface area (Å²) in [4.78, 5) is 13.6. The number of fused-ring (bicyclic) bond motifs is 1. The van der Waals surface area contributed by atoms with Gasteiger partial charge in [0.05, 0.1) is 5.52 Å². The van der Waals surface area contributed by atoms with Crippen LogP contribution in [0.15, 0.2) is 30.6 Å². The fraction of sp³-hybridized carbons (Fsp3) is 0.529. The fourth-order valence-corrected chi connectivity index (χ4v) is 3.26. The molecule has 0 aliphatic carbocycles. The number of piperidine rings is 1. The van der Waals surface area contributed by atoms with E-state index in [0.717, 1.165) is 55.6 Å². The van der Waals surface area contributed by atoms with Gasteiger partial charge >= 0.3 is 0 Å². The molecule has 1 aromatic carbocycles. The van der Waals surface area contributed by atoms with Crippen molar-refractivity contribution in [2.45, 2.75) is 25.3 Å². The number of hydrogen-bond acceptors (Lipinski definition) is 5. The molecule has 0 bridgehead atoms. The van der Waals surface area contributed by atoms with Crippen LogP contribution >= 0.6 is 0 Å². The number of hydrogen-bond donors (Lipinski definition) is 1. The number of aromatic nitrogens is 2. The standard InChI is InChI=1S/C17H24N4O/c1-20(9-4-12-22)14-7-10-21(11-8-14)17-15-5-2-3-6-16(15)18-13-19-17/h2-3,5-6,13-14,22H,4,7-12H2,1H3. The summed E-state index contributed by atoms with van der Waals surface area (Å²) in [5.41, 5.74) is 1.01. The van der Waals surface area contributed by atoms with Gasteiger partial charge in [-0.05, 0) is 38.4 Å². The SMILES string of the molecule is CN(CCCO)C1CCN(c2ncnc3ccccc23)CC1. The number of aliphatic hydroxyl groups excluding tert-OH is 1. The highest BCUT2D eigenvalue weighted by Gasteiger charge is 2.23. The molecule has 1 aromatic heterocycles. The van der Waals surface area contributed by atoms with Gasteiger partial charge in [-0.1, -0.05) is 12.1 Å². The lowest BCUT2D eigenvalue weighted by molar-refractivity contribution is 0.184. The molecule has 1 fully saturated rings. The van der Waals surface area contributed by atoms with Crippen molar-refractivity contribution in [2.75, 3.05) is 38.2 Å². The maximum absolute atomic E-state index is 8.96. The molecule has 2 heterocycles. The smallest absolute Gasteiger partial charge is 0.139 e.